The second kappa shape index (κ2) is 3.97. The molecule has 1 aliphatic rings. The lowest BCUT2D eigenvalue weighted by molar-refractivity contribution is 0.371. The first-order valence-corrected chi connectivity index (χ1v) is 5.87. The zero-order valence-electron chi connectivity index (χ0n) is 9.77. The average molecular weight is 207 g/mol. The number of hydrogen-bond acceptors (Lipinski definition) is 2. The average Bonchev–Trinajstić information content (AvgIpc) is 2.62. The third-order valence-corrected chi connectivity index (χ3v) is 3.34. The lowest BCUT2D eigenvalue weighted by Crippen LogP contribution is -2.26. The number of H-pyrrole nitrogens is 1. The molecule has 0 aromatic carbocycles. The van der Waals surface area contributed by atoms with E-state index in [0.29, 0.717) is 6.54 Å². The van der Waals surface area contributed by atoms with Crippen molar-refractivity contribution in [3.05, 3.63) is 17.0 Å². The van der Waals surface area contributed by atoms with Gasteiger partial charge in [-0.05, 0) is 49.6 Å². The van der Waals surface area contributed by atoms with Gasteiger partial charge in [-0.1, -0.05) is 13.8 Å². The van der Waals surface area contributed by atoms with Crippen molar-refractivity contribution in [3.63, 3.8) is 0 Å². The van der Waals surface area contributed by atoms with E-state index in [1.165, 1.54) is 42.6 Å². The summed E-state index contributed by atoms with van der Waals surface area (Å²) < 4.78 is 0. The summed E-state index contributed by atoms with van der Waals surface area (Å²) in [5.74, 6) is 0. The first-order valence-electron chi connectivity index (χ1n) is 5.87. The molecule has 1 aliphatic carbocycles. The van der Waals surface area contributed by atoms with Gasteiger partial charge >= 0.3 is 0 Å². The van der Waals surface area contributed by atoms with Crippen LogP contribution in [0.1, 0.15) is 43.6 Å². The van der Waals surface area contributed by atoms with Crippen LogP contribution in [0.2, 0.25) is 0 Å². The Labute approximate surface area is 91.4 Å². The van der Waals surface area contributed by atoms with Crippen LogP contribution in [0.3, 0.4) is 0 Å². The number of aromatic nitrogens is 2. The van der Waals surface area contributed by atoms with E-state index >= 15 is 0 Å². The maximum Gasteiger partial charge on any atom is 0.0662 e. The number of hydrogen-bond donors (Lipinski definition) is 2. The van der Waals surface area contributed by atoms with Gasteiger partial charge in [-0.3, -0.25) is 5.10 Å². The Morgan fingerprint density at radius 3 is 2.80 bits per heavy atom. The van der Waals surface area contributed by atoms with E-state index < -0.39 is 0 Å². The van der Waals surface area contributed by atoms with Crippen molar-refractivity contribution in [2.45, 2.75) is 46.0 Å². The Bertz CT molecular complexity index is 339. The maximum atomic E-state index is 5.76. The Kier molecular flexibility index (Phi) is 2.83. The molecule has 3 nitrogen and oxygen atoms in total. The molecular weight excluding hydrogens is 186 g/mol. The van der Waals surface area contributed by atoms with E-state index in [9.17, 15) is 0 Å². The normalized spacial score (nSPS) is 16.5. The van der Waals surface area contributed by atoms with Gasteiger partial charge in [-0.25, -0.2) is 0 Å². The highest BCUT2D eigenvalue weighted by Crippen LogP contribution is 2.27. The Morgan fingerprint density at radius 2 is 2.07 bits per heavy atom. The summed E-state index contributed by atoms with van der Waals surface area (Å²) in [6.07, 6.45) is 5.97. The minimum Gasteiger partial charge on any atom is -0.330 e. The van der Waals surface area contributed by atoms with Crippen LogP contribution in [0, 0.1) is 5.41 Å². The molecule has 0 saturated carbocycles. The molecule has 0 fully saturated rings. The summed E-state index contributed by atoms with van der Waals surface area (Å²) in [5, 5.41) is 7.63. The van der Waals surface area contributed by atoms with Crippen LogP contribution in [0.25, 0.3) is 0 Å². The van der Waals surface area contributed by atoms with Crippen LogP contribution in [-0.2, 0) is 19.3 Å². The number of nitrogens with two attached hydrogens (primary N) is 1. The summed E-state index contributed by atoms with van der Waals surface area (Å²) in [5.41, 5.74) is 10.0. The number of fused-ring (bicyclic) bond motifs is 1. The van der Waals surface area contributed by atoms with Gasteiger partial charge in [0, 0.05) is 5.69 Å². The van der Waals surface area contributed by atoms with Crippen molar-refractivity contribution >= 4 is 0 Å². The SMILES string of the molecule is CC(C)(CN)Cc1n[nH]c2c1CCCC2. The Morgan fingerprint density at radius 1 is 1.33 bits per heavy atom. The predicted octanol–water partition coefficient (Wildman–Crippen LogP) is 1.82. The number of aromatic amines is 1. The van der Waals surface area contributed by atoms with Crippen molar-refractivity contribution in [3.8, 4) is 0 Å². The first kappa shape index (κ1) is 10.7. The third kappa shape index (κ3) is 2.23. The fourth-order valence-corrected chi connectivity index (χ4v) is 2.22. The topological polar surface area (TPSA) is 54.7 Å². The number of aryl methyl sites for hydroxylation is 1. The van der Waals surface area contributed by atoms with Crippen molar-refractivity contribution in [2.24, 2.45) is 11.1 Å². The van der Waals surface area contributed by atoms with Gasteiger partial charge in [-0.15, -0.1) is 0 Å². The molecule has 0 amide bonds. The van der Waals surface area contributed by atoms with E-state index in [1.807, 2.05) is 0 Å². The zero-order valence-corrected chi connectivity index (χ0v) is 9.77. The second-order valence-corrected chi connectivity index (χ2v) is 5.38. The smallest absolute Gasteiger partial charge is 0.0662 e. The van der Waals surface area contributed by atoms with Gasteiger partial charge in [0.25, 0.3) is 0 Å². The molecule has 0 spiro atoms. The van der Waals surface area contributed by atoms with Crippen LogP contribution < -0.4 is 5.73 Å². The second-order valence-electron chi connectivity index (χ2n) is 5.38. The molecule has 0 unspecified atom stereocenters. The molecule has 0 saturated heterocycles. The number of nitrogens with one attached hydrogen (secondary N) is 1. The minimum atomic E-state index is 0.167. The maximum absolute atomic E-state index is 5.76. The number of rotatable bonds is 3. The summed E-state index contributed by atoms with van der Waals surface area (Å²) in [7, 11) is 0. The molecule has 1 aromatic rings. The highest BCUT2D eigenvalue weighted by atomic mass is 15.1. The molecule has 1 heterocycles. The molecule has 1 aromatic heterocycles. The molecule has 0 bridgehead atoms. The molecule has 3 heteroatoms. The van der Waals surface area contributed by atoms with Crippen molar-refractivity contribution in [1.29, 1.82) is 0 Å². The van der Waals surface area contributed by atoms with Gasteiger partial charge in [-0.2, -0.15) is 5.10 Å². The van der Waals surface area contributed by atoms with Gasteiger partial charge in [0.05, 0.1) is 5.69 Å². The van der Waals surface area contributed by atoms with Crippen LogP contribution in [-0.4, -0.2) is 16.7 Å². The highest BCUT2D eigenvalue weighted by molar-refractivity contribution is 5.28. The molecule has 0 aliphatic heterocycles. The van der Waals surface area contributed by atoms with Crippen LogP contribution in [0.15, 0.2) is 0 Å². The standard InChI is InChI=1S/C12H21N3/c1-12(2,8-13)7-11-9-5-3-4-6-10(9)14-15-11/h3-8,13H2,1-2H3,(H,14,15). The van der Waals surface area contributed by atoms with E-state index in [2.05, 4.69) is 24.0 Å². The molecule has 2 rings (SSSR count). The Hall–Kier alpha value is -0.830. The van der Waals surface area contributed by atoms with Crippen molar-refractivity contribution in [1.82, 2.24) is 10.2 Å². The van der Waals surface area contributed by atoms with Gasteiger partial charge < -0.3 is 5.73 Å². The van der Waals surface area contributed by atoms with Crippen LogP contribution in [0.5, 0.6) is 0 Å². The van der Waals surface area contributed by atoms with Crippen LogP contribution in [0.4, 0.5) is 0 Å². The quantitative estimate of drug-likeness (QED) is 0.794. The summed E-state index contributed by atoms with van der Waals surface area (Å²) in [6.45, 7) is 5.13. The largest absolute Gasteiger partial charge is 0.330 e. The molecule has 84 valence electrons. The van der Waals surface area contributed by atoms with Gasteiger partial charge in [0.2, 0.25) is 0 Å². The monoisotopic (exact) mass is 207 g/mol. The fourth-order valence-electron chi connectivity index (χ4n) is 2.22. The predicted molar refractivity (Wildman–Crippen MR) is 61.8 cm³/mol. The lowest BCUT2D eigenvalue weighted by Gasteiger charge is -2.22. The minimum absolute atomic E-state index is 0.167. The van der Waals surface area contributed by atoms with E-state index in [4.69, 9.17) is 5.73 Å². The summed E-state index contributed by atoms with van der Waals surface area (Å²) in [4.78, 5) is 0. The van der Waals surface area contributed by atoms with Gasteiger partial charge in [0.15, 0.2) is 0 Å². The fraction of sp³-hybridized carbons (Fsp3) is 0.750. The van der Waals surface area contributed by atoms with Crippen molar-refractivity contribution < 1.29 is 0 Å². The van der Waals surface area contributed by atoms with Gasteiger partial charge in [0.1, 0.15) is 0 Å². The number of nitrogens with zero attached hydrogens (tertiary/aromatic N) is 1. The summed E-state index contributed by atoms with van der Waals surface area (Å²) >= 11 is 0. The molecular formula is C12H21N3. The first-order chi connectivity index (χ1) is 7.12. The zero-order chi connectivity index (χ0) is 10.9. The Balaban J connectivity index is 2.19. The molecule has 15 heavy (non-hydrogen) atoms. The summed E-state index contributed by atoms with van der Waals surface area (Å²) in [6, 6.07) is 0. The molecule has 0 radical (unpaired) electrons. The molecule has 3 N–H and O–H groups in total. The van der Waals surface area contributed by atoms with E-state index in [0.717, 1.165) is 6.42 Å². The third-order valence-electron chi connectivity index (χ3n) is 3.34. The lowest BCUT2D eigenvalue weighted by atomic mass is 9.85. The van der Waals surface area contributed by atoms with E-state index in [-0.39, 0.29) is 5.41 Å². The van der Waals surface area contributed by atoms with Crippen molar-refractivity contribution in [2.75, 3.05) is 6.54 Å². The van der Waals surface area contributed by atoms with Crippen LogP contribution >= 0.6 is 0 Å². The highest BCUT2D eigenvalue weighted by Gasteiger charge is 2.23. The van der Waals surface area contributed by atoms with E-state index in [1.54, 1.807) is 0 Å². The molecule has 0 atom stereocenters.